The molecule has 0 bridgehead atoms. The predicted octanol–water partition coefficient (Wildman–Crippen LogP) is 2.79. The van der Waals surface area contributed by atoms with E-state index in [1.165, 1.54) is 29.9 Å². The van der Waals surface area contributed by atoms with Crippen molar-refractivity contribution < 1.29 is 0 Å². The third kappa shape index (κ3) is 1.54. The first-order chi connectivity index (χ1) is 6.72. The van der Waals surface area contributed by atoms with Crippen molar-refractivity contribution in [3.8, 4) is 0 Å². The summed E-state index contributed by atoms with van der Waals surface area (Å²) in [5, 5.41) is 0. The lowest BCUT2D eigenvalue weighted by Gasteiger charge is -2.21. The van der Waals surface area contributed by atoms with Gasteiger partial charge in [-0.3, -0.25) is 9.97 Å². The normalized spacial score (nSPS) is 20.6. The zero-order chi connectivity index (χ0) is 10.1. The van der Waals surface area contributed by atoms with Gasteiger partial charge in [-0.15, -0.1) is 0 Å². The van der Waals surface area contributed by atoms with Crippen LogP contribution in [0, 0.1) is 6.92 Å². The van der Waals surface area contributed by atoms with Crippen LogP contribution in [0.4, 0.5) is 0 Å². The number of hydrogen-bond acceptors (Lipinski definition) is 2. The van der Waals surface area contributed by atoms with Crippen molar-refractivity contribution in [3.05, 3.63) is 22.8 Å². The first-order valence-electron chi connectivity index (χ1n) is 5.58. The van der Waals surface area contributed by atoms with Crippen LogP contribution in [0.2, 0.25) is 0 Å². The maximum atomic E-state index is 4.72. The SMILES string of the molecule is CCc1nc2c(nc1C)C(C)CCC2. The van der Waals surface area contributed by atoms with E-state index in [0.717, 1.165) is 18.5 Å². The first kappa shape index (κ1) is 9.63. The van der Waals surface area contributed by atoms with Gasteiger partial charge in [-0.05, 0) is 32.6 Å². The molecule has 0 amide bonds. The Morgan fingerprint density at radius 1 is 1.36 bits per heavy atom. The third-order valence-corrected chi connectivity index (χ3v) is 3.12. The monoisotopic (exact) mass is 190 g/mol. The minimum atomic E-state index is 0.607. The molecule has 1 heterocycles. The van der Waals surface area contributed by atoms with Gasteiger partial charge in [0.2, 0.25) is 0 Å². The molecule has 1 atom stereocenters. The molecule has 0 aromatic carbocycles. The fourth-order valence-electron chi connectivity index (χ4n) is 2.24. The lowest BCUT2D eigenvalue weighted by Crippen LogP contribution is -2.14. The molecule has 1 aliphatic rings. The molecular weight excluding hydrogens is 172 g/mol. The Labute approximate surface area is 85.8 Å². The van der Waals surface area contributed by atoms with Crippen LogP contribution in [0.15, 0.2) is 0 Å². The molecule has 14 heavy (non-hydrogen) atoms. The first-order valence-corrected chi connectivity index (χ1v) is 5.58. The lowest BCUT2D eigenvalue weighted by atomic mass is 9.90. The standard InChI is InChI=1S/C12H18N2/c1-4-10-9(3)13-12-8(2)6-5-7-11(12)14-10/h8H,4-7H2,1-3H3. The smallest absolute Gasteiger partial charge is 0.0650 e. The molecule has 1 aromatic heterocycles. The molecule has 76 valence electrons. The highest BCUT2D eigenvalue weighted by Crippen LogP contribution is 2.28. The van der Waals surface area contributed by atoms with E-state index in [4.69, 9.17) is 9.97 Å². The van der Waals surface area contributed by atoms with E-state index in [-0.39, 0.29) is 0 Å². The van der Waals surface area contributed by atoms with E-state index in [9.17, 15) is 0 Å². The summed E-state index contributed by atoms with van der Waals surface area (Å²) in [6.45, 7) is 6.49. The molecule has 2 rings (SSSR count). The van der Waals surface area contributed by atoms with E-state index in [1.54, 1.807) is 0 Å². The summed E-state index contributed by atoms with van der Waals surface area (Å²) >= 11 is 0. The van der Waals surface area contributed by atoms with Crippen molar-refractivity contribution in [2.45, 2.75) is 52.4 Å². The second-order valence-electron chi connectivity index (χ2n) is 4.23. The molecule has 0 saturated heterocycles. The molecule has 1 aromatic rings. The Morgan fingerprint density at radius 2 is 2.14 bits per heavy atom. The summed E-state index contributed by atoms with van der Waals surface area (Å²) in [4.78, 5) is 9.42. The Bertz CT molecular complexity index is 344. The van der Waals surface area contributed by atoms with Gasteiger partial charge in [0.25, 0.3) is 0 Å². The van der Waals surface area contributed by atoms with Crippen LogP contribution < -0.4 is 0 Å². The maximum Gasteiger partial charge on any atom is 0.0650 e. The quantitative estimate of drug-likeness (QED) is 0.680. The summed E-state index contributed by atoms with van der Waals surface area (Å²) in [5.74, 6) is 0.607. The van der Waals surface area contributed by atoms with Crippen LogP contribution in [0.5, 0.6) is 0 Å². The number of fused-ring (bicyclic) bond motifs is 1. The highest BCUT2D eigenvalue weighted by atomic mass is 14.9. The van der Waals surface area contributed by atoms with E-state index in [2.05, 4.69) is 20.8 Å². The van der Waals surface area contributed by atoms with Gasteiger partial charge in [0.1, 0.15) is 0 Å². The third-order valence-electron chi connectivity index (χ3n) is 3.12. The molecule has 2 nitrogen and oxygen atoms in total. The van der Waals surface area contributed by atoms with Gasteiger partial charge in [0.15, 0.2) is 0 Å². The van der Waals surface area contributed by atoms with Gasteiger partial charge in [0.05, 0.1) is 22.8 Å². The van der Waals surface area contributed by atoms with Crippen LogP contribution in [0.1, 0.15) is 55.4 Å². The Hall–Kier alpha value is -0.920. The van der Waals surface area contributed by atoms with Gasteiger partial charge in [0, 0.05) is 5.92 Å². The van der Waals surface area contributed by atoms with Crippen molar-refractivity contribution >= 4 is 0 Å². The Morgan fingerprint density at radius 3 is 2.86 bits per heavy atom. The summed E-state index contributed by atoms with van der Waals surface area (Å²) in [7, 11) is 0. The topological polar surface area (TPSA) is 25.8 Å². The minimum absolute atomic E-state index is 0.607. The summed E-state index contributed by atoms with van der Waals surface area (Å²) in [6.07, 6.45) is 4.67. The lowest BCUT2D eigenvalue weighted by molar-refractivity contribution is 0.555. The molecule has 1 unspecified atom stereocenters. The summed E-state index contributed by atoms with van der Waals surface area (Å²) in [6, 6.07) is 0. The van der Waals surface area contributed by atoms with E-state index < -0.39 is 0 Å². The van der Waals surface area contributed by atoms with Crippen LogP contribution in [-0.4, -0.2) is 9.97 Å². The van der Waals surface area contributed by atoms with E-state index in [0.29, 0.717) is 5.92 Å². The zero-order valence-electron chi connectivity index (χ0n) is 9.30. The van der Waals surface area contributed by atoms with Gasteiger partial charge >= 0.3 is 0 Å². The van der Waals surface area contributed by atoms with E-state index in [1.807, 2.05) is 0 Å². The van der Waals surface area contributed by atoms with Crippen LogP contribution in [0.25, 0.3) is 0 Å². The van der Waals surface area contributed by atoms with Crippen molar-refractivity contribution in [3.63, 3.8) is 0 Å². The van der Waals surface area contributed by atoms with Crippen LogP contribution in [-0.2, 0) is 12.8 Å². The van der Waals surface area contributed by atoms with Crippen molar-refractivity contribution in [2.24, 2.45) is 0 Å². The summed E-state index contributed by atoms with van der Waals surface area (Å²) < 4.78 is 0. The molecule has 0 spiro atoms. The number of hydrogen-bond donors (Lipinski definition) is 0. The Balaban J connectivity index is 2.48. The van der Waals surface area contributed by atoms with Crippen molar-refractivity contribution in [1.82, 2.24) is 9.97 Å². The number of aryl methyl sites for hydroxylation is 3. The van der Waals surface area contributed by atoms with Crippen molar-refractivity contribution in [2.75, 3.05) is 0 Å². The number of aromatic nitrogens is 2. The average molecular weight is 190 g/mol. The highest BCUT2D eigenvalue weighted by molar-refractivity contribution is 5.24. The largest absolute Gasteiger partial charge is 0.254 e. The fourth-order valence-corrected chi connectivity index (χ4v) is 2.24. The van der Waals surface area contributed by atoms with E-state index >= 15 is 0 Å². The minimum Gasteiger partial charge on any atom is -0.254 e. The molecular formula is C12H18N2. The van der Waals surface area contributed by atoms with Crippen LogP contribution in [0.3, 0.4) is 0 Å². The predicted molar refractivity (Wildman–Crippen MR) is 57.5 cm³/mol. The molecule has 2 heteroatoms. The van der Waals surface area contributed by atoms with Gasteiger partial charge < -0.3 is 0 Å². The Kier molecular flexibility index (Phi) is 2.53. The molecule has 1 aliphatic carbocycles. The summed E-state index contributed by atoms with van der Waals surface area (Å²) in [5.41, 5.74) is 4.81. The molecule has 0 radical (unpaired) electrons. The molecule has 0 aliphatic heterocycles. The molecule has 0 fully saturated rings. The van der Waals surface area contributed by atoms with Gasteiger partial charge in [-0.1, -0.05) is 13.8 Å². The molecule has 0 saturated carbocycles. The second-order valence-corrected chi connectivity index (χ2v) is 4.23. The number of rotatable bonds is 1. The zero-order valence-corrected chi connectivity index (χ0v) is 9.30. The van der Waals surface area contributed by atoms with Gasteiger partial charge in [-0.2, -0.15) is 0 Å². The fraction of sp³-hybridized carbons (Fsp3) is 0.667. The van der Waals surface area contributed by atoms with Crippen molar-refractivity contribution in [1.29, 1.82) is 0 Å². The highest BCUT2D eigenvalue weighted by Gasteiger charge is 2.20. The van der Waals surface area contributed by atoms with Gasteiger partial charge in [-0.25, -0.2) is 0 Å². The number of nitrogens with zero attached hydrogens (tertiary/aromatic N) is 2. The second kappa shape index (κ2) is 3.68. The van der Waals surface area contributed by atoms with Crippen LogP contribution >= 0.6 is 0 Å². The average Bonchev–Trinajstić information content (AvgIpc) is 2.19. The molecule has 0 N–H and O–H groups in total. The maximum absolute atomic E-state index is 4.72.